The maximum atomic E-state index is 13.1. The molecule has 0 radical (unpaired) electrons. The smallest absolute Gasteiger partial charge is 0.242 e. The molecule has 1 atom stereocenters. The van der Waals surface area contributed by atoms with Gasteiger partial charge in [-0.1, -0.05) is 42.8 Å². The first-order chi connectivity index (χ1) is 14.8. The highest BCUT2D eigenvalue weighted by atomic mass is 16.2. The number of nitrogens with zero attached hydrogens (tertiary/aromatic N) is 3. The van der Waals surface area contributed by atoms with Crippen LogP contribution in [-0.4, -0.2) is 36.9 Å². The van der Waals surface area contributed by atoms with Gasteiger partial charge in [0.05, 0.1) is 11.4 Å². The average Bonchev–Trinajstić information content (AvgIpc) is 2.84. The maximum Gasteiger partial charge on any atom is 0.242 e. The fraction of sp³-hybridized carbons (Fsp3) is 0.462. The summed E-state index contributed by atoms with van der Waals surface area (Å²) < 4.78 is 0. The third-order valence-electron chi connectivity index (χ3n) is 6.81. The van der Waals surface area contributed by atoms with Crippen molar-refractivity contribution in [2.45, 2.75) is 52.6 Å². The molecule has 31 heavy (non-hydrogen) atoms. The van der Waals surface area contributed by atoms with Crippen molar-refractivity contribution in [2.75, 3.05) is 29.9 Å². The Morgan fingerprint density at radius 3 is 2.42 bits per heavy atom. The van der Waals surface area contributed by atoms with Crippen molar-refractivity contribution in [3.05, 3.63) is 59.7 Å². The molecule has 0 spiro atoms. The molecule has 0 bridgehead atoms. The van der Waals surface area contributed by atoms with Gasteiger partial charge in [-0.2, -0.15) is 0 Å². The van der Waals surface area contributed by atoms with Crippen molar-refractivity contribution >= 4 is 23.2 Å². The molecule has 1 unspecified atom stereocenters. The molecule has 5 heteroatoms. The quantitative estimate of drug-likeness (QED) is 0.671. The minimum absolute atomic E-state index is 0.140. The fourth-order valence-electron chi connectivity index (χ4n) is 5.01. The molecule has 2 aliphatic rings. The van der Waals surface area contributed by atoms with Crippen LogP contribution in [0.1, 0.15) is 57.2 Å². The summed E-state index contributed by atoms with van der Waals surface area (Å²) in [6, 6.07) is 17.4. The highest BCUT2D eigenvalue weighted by molar-refractivity contribution is 6.19. The molecule has 1 fully saturated rings. The van der Waals surface area contributed by atoms with Crippen LogP contribution in [0.3, 0.4) is 0 Å². The van der Waals surface area contributed by atoms with Crippen LogP contribution < -0.4 is 9.80 Å². The van der Waals surface area contributed by atoms with Gasteiger partial charge in [-0.3, -0.25) is 14.5 Å². The lowest BCUT2D eigenvalue weighted by Crippen LogP contribution is -2.47. The van der Waals surface area contributed by atoms with Gasteiger partial charge < -0.3 is 9.80 Å². The molecular formula is C26H33N3O2. The molecular weight excluding hydrogens is 386 g/mol. The lowest BCUT2D eigenvalue weighted by Gasteiger charge is -2.36. The van der Waals surface area contributed by atoms with Gasteiger partial charge in [0.1, 0.15) is 5.41 Å². The van der Waals surface area contributed by atoms with Crippen molar-refractivity contribution in [3.63, 3.8) is 0 Å². The normalized spacial score (nSPS) is 21.7. The summed E-state index contributed by atoms with van der Waals surface area (Å²) in [5.41, 5.74) is 3.10. The molecule has 2 aromatic carbocycles. The first-order valence-electron chi connectivity index (χ1n) is 11.4. The van der Waals surface area contributed by atoms with Gasteiger partial charge >= 0.3 is 0 Å². The van der Waals surface area contributed by atoms with E-state index in [1.807, 2.05) is 13.0 Å². The summed E-state index contributed by atoms with van der Waals surface area (Å²) >= 11 is 0. The lowest BCUT2D eigenvalue weighted by atomic mass is 9.90. The number of hydrogen-bond donors (Lipinski definition) is 0. The topological polar surface area (TPSA) is 43.9 Å². The molecule has 1 saturated heterocycles. The number of amides is 2. The minimum atomic E-state index is -1.07. The summed E-state index contributed by atoms with van der Waals surface area (Å²) in [4.78, 5) is 32.2. The Kier molecular flexibility index (Phi) is 5.89. The number of carbonyl (C=O) groups is 2. The molecule has 2 amide bonds. The molecule has 2 heterocycles. The van der Waals surface area contributed by atoms with Crippen LogP contribution in [0.15, 0.2) is 48.5 Å². The van der Waals surface area contributed by atoms with E-state index in [4.69, 9.17) is 0 Å². The largest absolute Gasteiger partial charge is 0.313 e. The Hall–Kier alpha value is -2.66. The van der Waals surface area contributed by atoms with Gasteiger partial charge in [0, 0.05) is 26.2 Å². The zero-order valence-corrected chi connectivity index (χ0v) is 19.1. The number of hydrogen-bond acceptors (Lipinski definition) is 3. The molecule has 5 nitrogen and oxygen atoms in total. The van der Waals surface area contributed by atoms with Crippen LogP contribution in [0.4, 0.5) is 11.4 Å². The Labute approximate surface area is 185 Å². The number of likely N-dealkylation sites (tertiary alicyclic amines) is 1. The van der Waals surface area contributed by atoms with E-state index in [9.17, 15) is 9.59 Å². The van der Waals surface area contributed by atoms with Gasteiger partial charge in [-0.25, -0.2) is 0 Å². The first kappa shape index (κ1) is 21.6. The number of carbonyl (C=O) groups excluding carboxylic acids is 2. The molecule has 0 saturated carbocycles. The molecule has 164 valence electrons. The number of benzene rings is 2. The van der Waals surface area contributed by atoms with Gasteiger partial charge in [0.25, 0.3) is 0 Å². The zero-order chi connectivity index (χ0) is 22.2. The summed E-state index contributed by atoms with van der Waals surface area (Å²) in [6.07, 6.45) is 3.62. The van der Waals surface area contributed by atoms with Gasteiger partial charge in [-0.15, -0.1) is 0 Å². The second-order valence-corrected chi connectivity index (χ2v) is 9.25. The van der Waals surface area contributed by atoms with Gasteiger partial charge in [0.2, 0.25) is 11.8 Å². The van der Waals surface area contributed by atoms with Gasteiger partial charge in [-0.05, 0) is 63.4 Å². The number of anilines is 2. The highest BCUT2D eigenvalue weighted by Gasteiger charge is 2.45. The molecule has 0 N–H and O–H groups in total. The second-order valence-electron chi connectivity index (χ2n) is 9.25. The summed E-state index contributed by atoms with van der Waals surface area (Å²) in [5.74, 6) is -0.300. The van der Waals surface area contributed by atoms with E-state index in [1.54, 1.807) is 30.7 Å². The predicted octanol–water partition coefficient (Wildman–Crippen LogP) is 4.77. The Morgan fingerprint density at radius 1 is 0.968 bits per heavy atom. The summed E-state index contributed by atoms with van der Waals surface area (Å²) in [5, 5.41) is 0. The Bertz CT molecular complexity index is 970. The third kappa shape index (κ3) is 3.87. The zero-order valence-electron chi connectivity index (χ0n) is 19.1. The van der Waals surface area contributed by atoms with E-state index in [1.165, 1.54) is 30.4 Å². The van der Waals surface area contributed by atoms with Gasteiger partial charge in [0.15, 0.2) is 0 Å². The first-order valence-corrected chi connectivity index (χ1v) is 11.4. The minimum Gasteiger partial charge on any atom is -0.313 e. The van der Waals surface area contributed by atoms with Crippen LogP contribution in [0.25, 0.3) is 0 Å². The lowest BCUT2D eigenvalue weighted by molar-refractivity contribution is -0.137. The third-order valence-corrected chi connectivity index (χ3v) is 6.81. The van der Waals surface area contributed by atoms with E-state index in [0.29, 0.717) is 12.6 Å². The average molecular weight is 420 g/mol. The number of fused-ring (bicyclic) bond motifs is 1. The van der Waals surface area contributed by atoms with Crippen LogP contribution in [0.2, 0.25) is 0 Å². The monoisotopic (exact) mass is 419 g/mol. The van der Waals surface area contributed by atoms with Crippen molar-refractivity contribution in [3.8, 4) is 0 Å². The molecule has 0 aliphatic carbocycles. The van der Waals surface area contributed by atoms with E-state index in [2.05, 4.69) is 47.4 Å². The highest BCUT2D eigenvalue weighted by Crippen LogP contribution is 2.39. The van der Waals surface area contributed by atoms with E-state index in [-0.39, 0.29) is 11.8 Å². The fourth-order valence-corrected chi connectivity index (χ4v) is 5.01. The van der Waals surface area contributed by atoms with Crippen LogP contribution in [0.5, 0.6) is 0 Å². The molecule has 2 aliphatic heterocycles. The van der Waals surface area contributed by atoms with E-state index >= 15 is 0 Å². The SMILES string of the molecule is CCN1C(=O)C(C)(C)C(=O)N(C)c2cc(CN3CCCCC3c3ccccc3)ccc21. The second kappa shape index (κ2) is 8.46. The van der Waals surface area contributed by atoms with E-state index < -0.39 is 5.41 Å². The standard InChI is InChI=1S/C26H33N3O2/c1-5-29-22-15-14-19(17-23(22)27(4)24(30)26(2,3)25(29)31)18-28-16-10-9-13-21(28)20-11-7-6-8-12-20/h6-8,11-12,14-15,17,21H,5,9-10,13,16,18H2,1-4H3. The Balaban J connectivity index is 1.67. The van der Waals surface area contributed by atoms with Crippen molar-refractivity contribution in [1.82, 2.24) is 4.90 Å². The van der Waals surface area contributed by atoms with Crippen molar-refractivity contribution in [2.24, 2.45) is 5.41 Å². The van der Waals surface area contributed by atoms with Crippen LogP contribution in [-0.2, 0) is 16.1 Å². The van der Waals surface area contributed by atoms with Crippen molar-refractivity contribution in [1.29, 1.82) is 0 Å². The predicted molar refractivity (Wildman–Crippen MR) is 125 cm³/mol. The Morgan fingerprint density at radius 2 is 1.71 bits per heavy atom. The number of rotatable bonds is 4. The summed E-state index contributed by atoms with van der Waals surface area (Å²) in [7, 11) is 1.78. The van der Waals surface area contributed by atoms with Crippen LogP contribution >= 0.6 is 0 Å². The number of piperidine rings is 1. The molecule has 2 aromatic rings. The summed E-state index contributed by atoms with van der Waals surface area (Å²) in [6.45, 7) is 7.84. The molecule has 4 rings (SSSR count). The maximum absolute atomic E-state index is 13.1. The van der Waals surface area contributed by atoms with Crippen LogP contribution in [0, 0.1) is 5.41 Å². The molecule has 0 aromatic heterocycles. The van der Waals surface area contributed by atoms with Crippen molar-refractivity contribution < 1.29 is 9.59 Å². The van der Waals surface area contributed by atoms with E-state index in [0.717, 1.165) is 24.5 Å².